The van der Waals surface area contributed by atoms with Gasteiger partial charge < -0.3 is 4.74 Å². The van der Waals surface area contributed by atoms with E-state index in [1.807, 2.05) is 18.2 Å². The molecule has 1 aromatic rings. The van der Waals surface area contributed by atoms with Gasteiger partial charge in [-0.15, -0.1) is 0 Å². The normalized spacial score (nSPS) is 19.8. The summed E-state index contributed by atoms with van der Waals surface area (Å²) >= 11 is 0. The lowest BCUT2D eigenvalue weighted by Crippen LogP contribution is -2.37. The van der Waals surface area contributed by atoms with Crippen LogP contribution in [0.1, 0.15) is 18.9 Å². The van der Waals surface area contributed by atoms with Gasteiger partial charge in [0, 0.05) is 35.3 Å². The molecule has 2 N–H and O–H groups in total. The van der Waals surface area contributed by atoms with Gasteiger partial charge in [0.15, 0.2) is 5.71 Å². The van der Waals surface area contributed by atoms with Crippen LogP contribution in [0, 0.1) is 0 Å². The Morgan fingerprint density at radius 1 is 1.16 bits per heavy atom. The number of hydrogen-bond donors (Lipinski definition) is 1. The summed E-state index contributed by atoms with van der Waals surface area (Å²) in [4.78, 5) is 0. The predicted molar refractivity (Wildman–Crippen MR) is 75.5 cm³/mol. The maximum atomic E-state index is 6.11. The summed E-state index contributed by atoms with van der Waals surface area (Å²) in [5.41, 5.74) is 7.05. The first-order chi connectivity index (χ1) is 9.24. The van der Waals surface area contributed by atoms with E-state index < -0.39 is 0 Å². The molecule has 1 aromatic carbocycles. The molecule has 2 heteroatoms. The Balaban J connectivity index is 1.97. The zero-order chi connectivity index (χ0) is 13.0. The third-order valence-electron chi connectivity index (χ3n) is 3.97. The van der Waals surface area contributed by atoms with Crippen LogP contribution in [0.4, 0.5) is 0 Å². The number of hydrogen-bond acceptors (Lipinski definition) is 1. The first kappa shape index (κ1) is 10.6. The largest absolute Gasteiger partial charge is 0.456 e. The summed E-state index contributed by atoms with van der Waals surface area (Å²) in [5, 5.41) is 5.87. The molecule has 0 fully saturated rings. The summed E-state index contributed by atoms with van der Waals surface area (Å²) in [6, 6.07) is 8.21. The summed E-state index contributed by atoms with van der Waals surface area (Å²) in [7, 11) is 0. The first-order valence-corrected chi connectivity index (χ1v) is 6.47. The highest BCUT2D eigenvalue weighted by atomic mass is 16.5. The van der Waals surface area contributed by atoms with E-state index >= 15 is 0 Å². The number of benzene rings is 1. The van der Waals surface area contributed by atoms with Crippen molar-refractivity contribution in [3.8, 4) is 5.75 Å². The van der Waals surface area contributed by atoms with Crippen LogP contribution in [0.15, 0.2) is 65.0 Å². The zero-order valence-corrected chi connectivity index (χ0v) is 10.7. The highest BCUT2D eigenvalue weighted by Gasteiger charge is 2.32. The Hall–Kier alpha value is -2.35. The Morgan fingerprint density at radius 2 is 2.00 bits per heavy atom. The van der Waals surface area contributed by atoms with Crippen LogP contribution in [-0.2, 0) is 0 Å². The van der Waals surface area contributed by atoms with E-state index in [-0.39, 0.29) is 0 Å². The van der Waals surface area contributed by atoms with E-state index in [0.29, 0.717) is 0 Å². The molecule has 0 atom stereocenters. The molecule has 3 aliphatic rings. The molecule has 0 spiro atoms. The van der Waals surface area contributed by atoms with Crippen molar-refractivity contribution in [3.63, 3.8) is 0 Å². The van der Waals surface area contributed by atoms with Crippen molar-refractivity contribution < 1.29 is 10.1 Å². The van der Waals surface area contributed by atoms with E-state index in [1.165, 1.54) is 27.9 Å². The molecular formula is C17H14NO+. The SMILES string of the molecule is CC1=C2CC3=CC(=[NH2+])C=CC3=C2Oc2ccccc21. The van der Waals surface area contributed by atoms with Gasteiger partial charge in [0.25, 0.3) is 0 Å². The second-order valence-electron chi connectivity index (χ2n) is 5.12. The molecule has 0 radical (unpaired) electrons. The van der Waals surface area contributed by atoms with Crippen molar-refractivity contribution in [2.24, 2.45) is 0 Å². The van der Waals surface area contributed by atoms with Gasteiger partial charge in [-0.25, -0.2) is 0 Å². The third kappa shape index (κ3) is 1.40. The van der Waals surface area contributed by atoms with Crippen LogP contribution in [0.25, 0.3) is 5.57 Å². The first-order valence-electron chi connectivity index (χ1n) is 6.47. The topological polar surface area (TPSA) is 34.8 Å². The Labute approximate surface area is 111 Å². The van der Waals surface area contributed by atoms with Crippen LogP contribution >= 0.6 is 0 Å². The van der Waals surface area contributed by atoms with Crippen molar-refractivity contribution >= 4 is 11.3 Å². The lowest BCUT2D eigenvalue weighted by Gasteiger charge is -2.21. The second-order valence-corrected chi connectivity index (χ2v) is 5.12. The summed E-state index contributed by atoms with van der Waals surface area (Å²) in [5.74, 6) is 1.95. The lowest BCUT2D eigenvalue weighted by atomic mass is 9.96. The van der Waals surface area contributed by atoms with Crippen molar-refractivity contribution in [2.45, 2.75) is 13.3 Å². The molecule has 19 heavy (non-hydrogen) atoms. The summed E-state index contributed by atoms with van der Waals surface area (Å²) in [6.45, 7) is 2.17. The van der Waals surface area contributed by atoms with E-state index in [2.05, 4.69) is 31.2 Å². The predicted octanol–water partition coefficient (Wildman–Crippen LogP) is 2.21. The number of rotatable bonds is 0. The maximum absolute atomic E-state index is 6.11. The third-order valence-corrected chi connectivity index (χ3v) is 3.97. The van der Waals surface area contributed by atoms with Crippen molar-refractivity contribution in [1.29, 1.82) is 0 Å². The monoisotopic (exact) mass is 248 g/mol. The molecule has 1 aliphatic heterocycles. The molecular weight excluding hydrogens is 234 g/mol. The fourth-order valence-corrected chi connectivity index (χ4v) is 2.97. The minimum Gasteiger partial charge on any atom is -0.456 e. The zero-order valence-electron chi connectivity index (χ0n) is 10.7. The number of fused-ring (bicyclic) bond motifs is 3. The molecule has 1 heterocycles. The van der Waals surface area contributed by atoms with Gasteiger partial charge in [0.05, 0.1) is 0 Å². The molecule has 92 valence electrons. The Morgan fingerprint density at radius 3 is 2.89 bits per heavy atom. The molecule has 2 aliphatic carbocycles. The van der Waals surface area contributed by atoms with Crippen LogP contribution in [0.5, 0.6) is 5.75 Å². The molecule has 0 saturated heterocycles. The van der Waals surface area contributed by atoms with Crippen LogP contribution in [0.3, 0.4) is 0 Å². The van der Waals surface area contributed by atoms with Crippen molar-refractivity contribution in [1.82, 2.24) is 0 Å². The number of para-hydroxylation sites is 1. The van der Waals surface area contributed by atoms with Gasteiger partial charge in [-0.05, 0) is 30.2 Å². The quantitative estimate of drug-likeness (QED) is 0.750. The van der Waals surface area contributed by atoms with Gasteiger partial charge >= 0.3 is 0 Å². The number of ether oxygens (including phenoxy) is 1. The Bertz CT molecular complexity index is 744. The summed E-state index contributed by atoms with van der Waals surface area (Å²) < 4.78 is 6.11. The van der Waals surface area contributed by atoms with Crippen molar-refractivity contribution in [2.75, 3.05) is 0 Å². The number of nitrogens with two attached hydrogens (primary N) is 1. The van der Waals surface area contributed by atoms with Crippen LogP contribution < -0.4 is 10.1 Å². The van der Waals surface area contributed by atoms with Crippen molar-refractivity contribution in [3.05, 3.63) is 70.5 Å². The molecule has 0 aromatic heterocycles. The second kappa shape index (κ2) is 3.58. The van der Waals surface area contributed by atoms with Gasteiger partial charge in [-0.1, -0.05) is 18.2 Å². The lowest BCUT2D eigenvalue weighted by molar-refractivity contribution is -0.110. The van der Waals surface area contributed by atoms with E-state index in [0.717, 1.165) is 23.6 Å². The smallest absolute Gasteiger partial charge is 0.196 e. The fraction of sp³-hybridized carbons (Fsp3) is 0.118. The number of allylic oxidation sites excluding steroid dienone is 7. The van der Waals surface area contributed by atoms with Crippen LogP contribution in [-0.4, -0.2) is 5.71 Å². The minimum atomic E-state index is 0.814. The Kier molecular flexibility index (Phi) is 1.99. The molecule has 0 amide bonds. The molecule has 0 bridgehead atoms. The maximum Gasteiger partial charge on any atom is 0.196 e. The van der Waals surface area contributed by atoms with E-state index in [4.69, 9.17) is 10.1 Å². The van der Waals surface area contributed by atoms with E-state index in [9.17, 15) is 0 Å². The van der Waals surface area contributed by atoms with Gasteiger partial charge in [-0.2, -0.15) is 0 Å². The summed E-state index contributed by atoms with van der Waals surface area (Å²) in [6.07, 6.45) is 6.97. The average Bonchev–Trinajstić information content (AvgIpc) is 2.77. The molecule has 4 rings (SSSR count). The average molecular weight is 248 g/mol. The minimum absolute atomic E-state index is 0.814. The fourth-order valence-electron chi connectivity index (χ4n) is 2.97. The highest BCUT2D eigenvalue weighted by Crippen LogP contribution is 2.47. The van der Waals surface area contributed by atoms with Gasteiger partial charge in [0.1, 0.15) is 11.5 Å². The van der Waals surface area contributed by atoms with Crippen LogP contribution in [0.2, 0.25) is 0 Å². The standard InChI is InChI=1S/C17H13NO/c1-10-13-4-2-3-5-16(13)19-17-14-7-6-12(18)8-11(14)9-15(10)17/h2-8,18H,9H2,1H3/p+1. The molecule has 2 nitrogen and oxygen atoms in total. The van der Waals surface area contributed by atoms with Gasteiger partial charge in [0.2, 0.25) is 0 Å². The highest BCUT2D eigenvalue weighted by molar-refractivity contribution is 6.03. The molecule has 0 saturated carbocycles. The van der Waals surface area contributed by atoms with Gasteiger partial charge in [-0.3, -0.25) is 5.41 Å². The van der Waals surface area contributed by atoms with E-state index in [1.54, 1.807) is 0 Å². The molecule has 0 unspecified atom stereocenters.